The minimum absolute atomic E-state index is 0. The third-order valence-corrected chi connectivity index (χ3v) is 1.59. The summed E-state index contributed by atoms with van der Waals surface area (Å²) in [6, 6.07) is 9.22. The quantitative estimate of drug-likeness (QED) is 0.409. The van der Waals surface area contributed by atoms with Gasteiger partial charge in [0.05, 0.1) is 5.57 Å². The van der Waals surface area contributed by atoms with Gasteiger partial charge in [-0.2, -0.15) is 13.5 Å². The number of hydrogen-bond donors (Lipinski definition) is 0. The first-order valence-electron chi connectivity index (χ1n) is 3.99. The van der Waals surface area contributed by atoms with Gasteiger partial charge in [-0.25, -0.2) is 4.79 Å². The van der Waals surface area contributed by atoms with E-state index in [-0.39, 0.29) is 0 Å². The van der Waals surface area contributed by atoms with Gasteiger partial charge in [0, 0.05) is 0 Å². The van der Waals surface area contributed by atoms with Crippen molar-refractivity contribution in [2.75, 3.05) is 0 Å². The van der Waals surface area contributed by atoms with Gasteiger partial charge in [-0.3, -0.25) is 0 Å². The number of hydrogen-bond acceptors (Lipinski definition) is 2. The molecule has 0 heterocycles. The van der Waals surface area contributed by atoms with E-state index in [0.717, 1.165) is 5.56 Å². The molecule has 0 spiro atoms. The summed E-state index contributed by atoms with van der Waals surface area (Å²) in [6.07, 6.45) is 0. The molecule has 70 valence electrons. The minimum atomic E-state index is -0.409. The fourth-order valence-corrected chi connectivity index (χ4v) is 0.935. The molecular formula is C11H11O2Rf-. The van der Waals surface area contributed by atoms with Gasteiger partial charge >= 0.3 is 5.97 Å². The molecule has 0 aromatic heterocycles. The van der Waals surface area contributed by atoms with E-state index < -0.39 is 5.97 Å². The zero-order chi connectivity index (χ0) is 9.68. The molecule has 0 saturated carbocycles. The third-order valence-electron chi connectivity index (χ3n) is 1.59. The number of rotatable bonds is 3. The average molecular weight is 442 g/mol. The van der Waals surface area contributed by atoms with Gasteiger partial charge < -0.3 is 4.74 Å². The van der Waals surface area contributed by atoms with Gasteiger partial charge in [-0.1, -0.05) is 36.9 Å². The Labute approximate surface area is 77.8 Å². The fraction of sp³-hybridized carbons (Fsp3) is 0.0909. The molecule has 0 aliphatic rings. The van der Waals surface area contributed by atoms with Gasteiger partial charge in [-0.15, -0.1) is 0 Å². The van der Waals surface area contributed by atoms with E-state index in [0.29, 0.717) is 5.57 Å². The Morgan fingerprint density at radius 2 is 1.93 bits per heavy atom. The standard InChI is InChI=1S/C11H11O2.Rf/c1-3-13-11(12)9(2)10-7-5-4-6-8-10;/h3-8H,2H2,1H3;/q-1;. The van der Waals surface area contributed by atoms with E-state index in [1.54, 1.807) is 6.92 Å². The van der Waals surface area contributed by atoms with E-state index in [2.05, 4.69) is 6.58 Å². The van der Waals surface area contributed by atoms with Gasteiger partial charge in [0.2, 0.25) is 0 Å². The summed E-state index contributed by atoms with van der Waals surface area (Å²) in [5, 5.41) is 0. The van der Waals surface area contributed by atoms with Crippen LogP contribution in [0.1, 0.15) is 12.5 Å². The van der Waals surface area contributed by atoms with Gasteiger partial charge in [0.15, 0.2) is 0 Å². The maximum Gasteiger partial charge on any atom is 0.306 e. The van der Waals surface area contributed by atoms with E-state index >= 15 is 0 Å². The van der Waals surface area contributed by atoms with Crippen LogP contribution in [0.5, 0.6) is 0 Å². The van der Waals surface area contributed by atoms with Gasteiger partial charge in [0.25, 0.3) is 0 Å². The van der Waals surface area contributed by atoms with E-state index in [9.17, 15) is 4.79 Å². The van der Waals surface area contributed by atoms with Gasteiger partial charge in [0.1, 0.15) is 0 Å². The van der Waals surface area contributed by atoms with Crippen molar-refractivity contribution in [1.82, 2.24) is 0 Å². The van der Waals surface area contributed by atoms with Crippen LogP contribution in [0, 0.1) is 6.61 Å². The van der Waals surface area contributed by atoms with Crippen LogP contribution in [0.2, 0.25) is 0 Å². The Bertz CT molecular complexity index is 306. The second kappa shape index (κ2) is 5.14. The first-order chi connectivity index (χ1) is 6.25. The van der Waals surface area contributed by atoms with Crippen LogP contribution in [-0.2, 0) is 9.53 Å². The maximum absolute atomic E-state index is 11.2. The summed E-state index contributed by atoms with van der Waals surface area (Å²) in [4.78, 5) is 11.2. The molecule has 0 aliphatic carbocycles. The Hall–Kier alpha value is -2.57. The van der Waals surface area contributed by atoms with Crippen LogP contribution >= 0.6 is 0 Å². The van der Waals surface area contributed by atoms with E-state index in [4.69, 9.17) is 4.74 Å². The molecule has 0 amide bonds. The van der Waals surface area contributed by atoms with Crippen molar-refractivity contribution in [2.45, 2.75) is 6.92 Å². The topological polar surface area (TPSA) is 26.3 Å². The Morgan fingerprint density at radius 1 is 1.36 bits per heavy atom. The average Bonchev–Trinajstić information content (AvgIpc) is 2.18. The summed E-state index contributed by atoms with van der Waals surface area (Å²) in [5.41, 5.74) is 1.16. The Balaban J connectivity index is 0.00000169. The predicted molar refractivity (Wildman–Crippen MR) is 51.5 cm³/mol. The summed E-state index contributed by atoms with van der Waals surface area (Å²) in [5.74, 6) is -0.409. The molecule has 1 rings (SSSR count). The summed E-state index contributed by atoms with van der Waals surface area (Å²) in [6.45, 7) is 6.64. The molecular weight excluding hydrogens is 431 g/mol. The second-order valence-electron chi connectivity index (χ2n) is 2.49. The summed E-state index contributed by atoms with van der Waals surface area (Å²) in [7, 11) is 0. The molecule has 1 aromatic rings. The Morgan fingerprint density at radius 3 is 2.43 bits per heavy atom. The van der Waals surface area contributed by atoms with Crippen molar-refractivity contribution in [3.8, 4) is 0 Å². The zero-order valence-electron chi connectivity index (χ0n) is 8.19. The maximum atomic E-state index is 11.2. The molecule has 14 heavy (non-hydrogen) atoms. The zero-order valence-corrected chi connectivity index (χ0v) is 14.6. The van der Waals surface area contributed by atoms with Crippen molar-refractivity contribution in [3.63, 3.8) is 0 Å². The molecule has 0 fully saturated rings. The minimum Gasteiger partial charge on any atom is -0.634 e. The molecule has 3 heteroatoms. The first kappa shape index (κ1) is 11.4. The van der Waals surface area contributed by atoms with Crippen LogP contribution in [0.25, 0.3) is 5.57 Å². The monoisotopic (exact) mass is 442 g/mol. The fourth-order valence-electron chi connectivity index (χ4n) is 0.935. The molecule has 0 atom stereocenters. The SMILES string of the molecule is C=C(C(=O)O[CH-]C)c1ccccc1.[Rf]. The van der Waals surface area contributed by atoms with Crippen LogP contribution < -0.4 is 0 Å². The van der Waals surface area contributed by atoms with Gasteiger partial charge in [-0.05, 0) is 5.56 Å². The van der Waals surface area contributed by atoms with E-state index in [1.165, 1.54) is 6.61 Å². The predicted octanol–water partition coefficient (Wildman–Crippen LogP) is 2.42. The molecule has 0 bridgehead atoms. The molecule has 0 radical (unpaired) electrons. The van der Waals surface area contributed by atoms with Crippen molar-refractivity contribution >= 4 is 11.5 Å². The van der Waals surface area contributed by atoms with Crippen molar-refractivity contribution in [3.05, 3.63) is 49.1 Å². The van der Waals surface area contributed by atoms with E-state index in [1.807, 2.05) is 30.3 Å². The van der Waals surface area contributed by atoms with Crippen molar-refractivity contribution in [1.29, 1.82) is 0 Å². The third kappa shape index (κ3) is 2.48. The van der Waals surface area contributed by atoms with Crippen LogP contribution in [-0.4, -0.2) is 5.97 Å². The number of carbonyl (C=O) groups excluding carboxylic acids is 1. The summed E-state index contributed by atoms with van der Waals surface area (Å²) >= 11 is 0. The largest absolute Gasteiger partial charge is 0.634 e. The molecule has 2 nitrogen and oxygen atoms in total. The second-order valence-corrected chi connectivity index (χ2v) is 2.49. The smallest absolute Gasteiger partial charge is 0.306 e. The van der Waals surface area contributed by atoms with Crippen molar-refractivity contribution in [2.24, 2.45) is 0 Å². The summed E-state index contributed by atoms with van der Waals surface area (Å²) < 4.78 is 4.69. The van der Waals surface area contributed by atoms with Crippen LogP contribution in [0.3, 0.4) is 0 Å². The molecule has 0 saturated heterocycles. The number of benzene rings is 1. The van der Waals surface area contributed by atoms with Crippen LogP contribution in [0.15, 0.2) is 36.9 Å². The van der Waals surface area contributed by atoms with Crippen molar-refractivity contribution < 1.29 is 9.53 Å². The first-order valence-corrected chi connectivity index (χ1v) is 3.99. The normalized spacial score (nSPS) is 8.64. The number of esters is 1. The number of ether oxygens (including phenoxy) is 1. The number of carbonyl (C=O) groups is 1. The molecule has 1 aromatic carbocycles. The molecule has 0 unspecified atom stereocenters. The molecule has 0 N–H and O–H groups in total. The molecule has 0 aliphatic heterocycles. The Kier molecular flexibility index (Phi) is 4.20. The van der Waals surface area contributed by atoms with Crippen LogP contribution in [0.4, 0.5) is 0 Å².